The minimum absolute atomic E-state index is 0.0131. The topological polar surface area (TPSA) is 95.9 Å². The van der Waals surface area contributed by atoms with Crippen LogP contribution in [0.25, 0.3) is 0 Å². The normalized spacial score (nSPS) is 12.5. The van der Waals surface area contributed by atoms with Crippen LogP contribution in [0, 0.1) is 0 Å². The lowest BCUT2D eigenvalue weighted by Gasteiger charge is -2.22. The van der Waals surface area contributed by atoms with E-state index in [4.69, 9.17) is 4.74 Å². The van der Waals surface area contributed by atoms with E-state index in [1.807, 2.05) is 0 Å². The molecule has 0 aromatic heterocycles. The van der Waals surface area contributed by atoms with Crippen molar-refractivity contribution in [3.05, 3.63) is 12.2 Å². The average molecular weight is 1190 g/mol. The molecule has 0 radical (unpaired) electrons. The van der Waals surface area contributed by atoms with Crippen molar-refractivity contribution < 1.29 is 24.5 Å². The highest BCUT2D eigenvalue weighted by Gasteiger charge is 2.20. The van der Waals surface area contributed by atoms with E-state index in [9.17, 15) is 19.8 Å². The van der Waals surface area contributed by atoms with Crippen molar-refractivity contribution in [1.82, 2.24) is 5.32 Å². The fourth-order valence-corrected chi connectivity index (χ4v) is 12.6. The quantitative estimate of drug-likeness (QED) is 0.0320. The maximum absolute atomic E-state index is 12.6. The van der Waals surface area contributed by atoms with Crippen molar-refractivity contribution in [2.45, 2.75) is 463 Å². The number of esters is 1. The molecule has 0 saturated heterocycles. The van der Waals surface area contributed by atoms with Gasteiger partial charge in [0.05, 0.1) is 25.4 Å². The summed E-state index contributed by atoms with van der Waals surface area (Å²) in [6.07, 6.45) is 93.1. The van der Waals surface area contributed by atoms with E-state index in [0.717, 1.165) is 44.9 Å². The SMILES string of the molecule is CCCC/C=C\CCCCCCCC(=O)OCCCCCCCCCCCCCCCCCCCCCCCCCCCCCCCCCCCCCCCC(=O)NC(CO)C(O)CCCCCCCCCCCCCCCCCCCCC. The Hall–Kier alpha value is -1.40. The summed E-state index contributed by atoms with van der Waals surface area (Å²) in [5, 5.41) is 23.4. The Morgan fingerprint density at radius 2 is 0.571 bits per heavy atom. The van der Waals surface area contributed by atoms with Gasteiger partial charge in [-0.2, -0.15) is 0 Å². The summed E-state index contributed by atoms with van der Waals surface area (Å²) in [4.78, 5) is 24.6. The largest absolute Gasteiger partial charge is 0.466 e. The zero-order valence-electron chi connectivity index (χ0n) is 57.4. The number of hydrogen-bond donors (Lipinski definition) is 3. The molecule has 0 aromatic rings. The number of allylic oxidation sites excluding steroid dienone is 2. The highest BCUT2D eigenvalue weighted by Crippen LogP contribution is 2.20. The minimum atomic E-state index is -0.660. The van der Waals surface area contributed by atoms with Gasteiger partial charge in [-0.25, -0.2) is 0 Å². The first-order chi connectivity index (χ1) is 41.5. The van der Waals surface area contributed by atoms with Gasteiger partial charge in [0, 0.05) is 12.8 Å². The Morgan fingerprint density at radius 1 is 0.321 bits per heavy atom. The fraction of sp³-hybridized carbons (Fsp3) is 0.949. The van der Waals surface area contributed by atoms with Crippen molar-refractivity contribution in [3.8, 4) is 0 Å². The van der Waals surface area contributed by atoms with Crippen molar-refractivity contribution >= 4 is 11.9 Å². The van der Waals surface area contributed by atoms with Crippen molar-refractivity contribution in [2.75, 3.05) is 13.2 Å². The predicted molar refractivity (Wildman–Crippen MR) is 370 cm³/mol. The van der Waals surface area contributed by atoms with Crippen molar-refractivity contribution in [3.63, 3.8) is 0 Å². The molecule has 0 spiro atoms. The maximum atomic E-state index is 12.6. The lowest BCUT2D eigenvalue weighted by atomic mass is 10.0. The zero-order chi connectivity index (χ0) is 60.6. The molecule has 0 heterocycles. The summed E-state index contributed by atoms with van der Waals surface area (Å²) in [5.74, 6) is -0.0110. The van der Waals surface area contributed by atoms with Crippen LogP contribution in [0.5, 0.6) is 0 Å². The van der Waals surface area contributed by atoms with Crippen molar-refractivity contribution in [2.24, 2.45) is 0 Å². The Labute approximate surface area is 527 Å². The first-order valence-corrected chi connectivity index (χ1v) is 38.9. The van der Waals surface area contributed by atoms with Gasteiger partial charge in [-0.1, -0.05) is 405 Å². The molecule has 2 atom stereocenters. The number of nitrogens with one attached hydrogen (secondary N) is 1. The monoisotopic (exact) mass is 1180 g/mol. The average Bonchev–Trinajstić information content (AvgIpc) is 3.51. The Morgan fingerprint density at radius 3 is 0.881 bits per heavy atom. The zero-order valence-corrected chi connectivity index (χ0v) is 57.4. The van der Waals surface area contributed by atoms with Gasteiger partial charge in [0.15, 0.2) is 0 Å². The third kappa shape index (κ3) is 69.7. The smallest absolute Gasteiger partial charge is 0.305 e. The third-order valence-electron chi connectivity index (χ3n) is 18.6. The van der Waals surface area contributed by atoms with Crippen LogP contribution in [-0.4, -0.2) is 47.4 Å². The van der Waals surface area contributed by atoms with Crippen LogP contribution >= 0.6 is 0 Å². The van der Waals surface area contributed by atoms with Gasteiger partial charge in [0.25, 0.3) is 0 Å². The highest BCUT2D eigenvalue weighted by molar-refractivity contribution is 5.76. The maximum Gasteiger partial charge on any atom is 0.305 e. The molecule has 6 heteroatoms. The van der Waals surface area contributed by atoms with E-state index in [0.29, 0.717) is 25.9 Å². The van der Waals surface area contributed by atoms with Crippen LogP contribution in [0.1, 0.15) is 450 Å². The predicted octanol–water partition coefficient (Wildman–Crippen LogP) is 25.5. The second-order valence-corrected chi connectivity index (χ2v) is 27.0. The first kappa shape index (κ1) is 82.6. The second kappa shape index (κ2) is 74.1. The molecule has 0 aromatic carbocycles. The number of unbranched alkanes of at least 4 members (excludes halogenated alkanes) is 61. The molecule has 0 aliphatic rings. The van der Waals surface area contributed by atoms with Crippen LogP contribution in [0.3, 0.4) is 0 Å². The van der Waals surface area contributed by atoms with E-state index in [-0.39, 0.29) is 18.5 Å². The van der Waals surface area contributed by atoms with Crippen LogP contribution in [0.15, 0.2) is 12.2 Å². The minimum Gasteiger partial charge on any atom is -0.466 e. The molecular formula is C78H153NO5. The van der Waals surface area contributed by atoms with Crippen LogP contribution in [0.2, 0.25) is 0 Å². The number of carbonyl (C=O) groups excluding carboxylic acids is 2. The molecule has 0 aliphatic heterocycles. The lowest BCUT2D eigenvalue weighted by molar-refractivity contribution is -0.143. The second-order valence-electron chi connectivity index (χ2n) is 27.0. The molecule has 1 amide bonds. The number of amides is 1. The van der Waals surface area contributed by atoms with Gasteiger partial charge in [-0.3, -0.25) is 9.59 Å². The Kier molecular flexibility index (Phi) is 72.8. The summed E-state index contributed by atoms with van der Waals surface area (Å²) < 4.78 is 5.47. The molecule has 0 saturated carbocycles. The first-order valence-electron chi connectivity index (χ1n) is 38.9. The molecule has 84 heavy (non-hydrogen) atoms. The molecule has 0 rings (SSSR count). The molecular weight excluding hydrogens is 1030 g/mol. The molecule has 500 valence electrons. The number of ether oxygens (including phenoxy) is 1. The Balaban J connectivity index is 3.30. The van der Waals surface area contributed by atoms with E-state index < -0.39 is 12.1 Å². The van der Waals surface area contributed by atoms with Crippen molar-refractivity contribution in [1.29, 1.82) is 0 Å². The van der Waals surface area contributed by atoms with E-state index in [1.54, 1.807) is 0 Å². The van der Waals surface area contributed by atoms with Gasteiger partial charge in [0.2, 0.25) is 5.91 Å². The van der Waals surface area contributed by atoms with Gasteiger partial charge < -0.3 is 20.3 Å². The summed E-state index contributed by atoms with van der Waals surface area (Å²) >= 11 is 0. The van der Waals surface area contributed by atoms with Gasteiger partial charge in [-0.05, 0) is 44.9 Å². The molecule has 0 fully saturated rings. The summed E-state index contributed by atoms with van der Waals surface area (Å²) in [6.45, 7) is 4.97. The molecule has 0 bridgehead atoms. The van der Waals surface area contributed by atoms with E-state index >= 15 is 0 Å². The van der Waals surface area contributed by atoms with Gasteiger partial charge in [0.1, 0.15) is 0 Å². The number of carbonyl (C=O) groups is 2. The standard InChI is InChI=1S/C78H153NO5/c1-3-5-7-9-11-13-15-16-17-18-38-41-44-47-51-54-58-62-66-70-76(81)75(74-80)79-77(82)71-67-63-59-55-52-48-45-42-39-36-34-32-30-28-26-24-22-20-19-21-23-25-27-29-31-33-35-37-40-43-46-49-53-57-61-65-69-73-84-78(83)72-68-64-60-56-50-14-12-10-8-6-4-2/h10,12,75-76,80-81H,3-9,11,13-74H2,1-2H3,(H,79,82)/b12-10-. The molecule has 3 N–H and O–H groups in total. The third-order valence-corrected chi connectivity index (χ3v) is 18.6. The van der Waals surface area contributed by atoms with Crippen LogP contribution in [0.4, 0.5) is 0 Å². The summed E-state index contributed by atoms with van der Waals surface area (Å²) in [6, 6.07) is -0.537. The Bertz CT molecular complexity index is 1270. The number of rotatable bonds is 74. The number of hydrogen-bond acceptors (Lipinski definition) is 5. The summed E-state index contributed by atoms with van der Waals surface area (Å²) in [5.41, 5.74) is 0. The molecule has 6 nitrogen and oxygen atoms in total. The molecule has 0 aliphatic carbocycles. The fourth-order valence-electron chi connectivity index (χ4n) is 12.6. The van der Waals surface area contributed by atoms with Crippen LogP contribution in [-0.2, 0) is 14.3 Å². The van der Waals surface area contributed by atoms with E-state index in [1.165, 1.54) is 372 Å². The van der Waals surface area contributed by atoms with Gasteiger partial charge in [-0.15, -0.1) is 0 Å². The van der Waals surface area contributed by atoms with Crippen LogP contribution < -0.4 is 5.32 Å². The number of aliphatic hydroxyl groups is 2. The lowest BCUT2D eigenvalue weighted by Crippen LogP contribution is -2.45. The molecule has 2 unspecified atom stereocenters. The van der Waals surface area contributed by atoms with Gasteiger partial charge >= 0.3 is 5.97 Å². The summed E-state index contributed by atoms with van der Waals surface area (Å²) in [7, 11) is 0. The number of aliphatic hydroxyl groups excluding tert-OH is 2. The highest BCUT2D eigenvalue weighted by atomic mass is 16.5. The van der Waals surface area contributed by atoms with E-state index in [2.05, 4.69) is 31.3 Å².